The van der Waals surface area contributed by atoms with E-state index >= 15 is 0 Å². The van der Waals surface area contributed by atoms with Crippen LogP contribution in [-0.2, 0) is 14.2 Å². The van der Waals surface area contributed by atoms with Gasteiger partial charge in [0.15, 0.2) is 12.0 Å². The fraction of sp³-hybridized carbons (Fsp3) is 0.583. The lowest BCUT2D eigenvalue weighted by Gasteiger charge is -2.30. The van der Waals surface area contributed by atoms with Crippen molar-refractivity contribution in [2.24, 2.45) is 0 Å². The van der Waals surface area contributed by atoms with E-state index in [1.165, 1.54) is 6.08 Å². The highest BCUT2D eigenvalue weighted by atomic mass is 16.6. The SMILES string of the molecule is CCOC(=O)N[C@H]1CC=C(C#N)O[C@H]1NC(=O)OCC. The highest BCUT2D eigenvalue weighted by Gasteiger charge is 2.31. The zero-order chi connectivity index (χ0) is 15.0. The molecule has 0 aromatic heterocycles. The van der Waals surface area contributed by atoms with Gasteiger partial charge in [0, 0.05) is 0 Å². The third-order valence-corrected chi connectivity index (χ3v) is 2.40. The minimum atomic E-state index is -0.891. The molecule has 1 aliphatic heterocycles. The van der Waals surface area contributed by atoms with Gasteiger partial charge < -0.3 is 19.5 Å². The summed E-state index contributed by atoms with van der Waals surface area (Å²) in [6.07, 6.45) is -0.338. The second-order valence-electron chi connectivity index (χ2n) is 3.79. The van der Waals surface area contributed by atoms with Crippen molar-refractivity contribution < 1.29 is 23.8 Å². The van der Waals surface area contributed by atoms with Crippen LogP contribution in [0.5, 0.6) is 0 Å². The number of carbonyl (C=O) groups is 2. The van der Waals surface area contributed by atoms with Gasteiger partial charge in [-0.3, -0.25) is 5.32 Å². The molecular formula is C12H17N3O5. The van der Waals surface area contributed by atoms with Gasteiger partial charge in [0.25, 0.3) is 0 Å². The lowest BCUT2D eigenvalue weighted by atomic mass is 10.1. The third kappa shape index (κ3) is 4.68. The van der Waals surface area contributed by atoms with Crippen LogP contribution in [0.2, 0.25) is 0 Å². The molecule has 8 heteroatoms. The molecule has 110 valence electrons. The van der Waals surface area contributed by atoms with Crippen LogP contribution in [0.15, 0.2) is 11.8 Å². The fourth-order valence-electron chi connectivity index (χ4n) is 1.57. The summed E-state index contributed by atoms with van der Waals surface area (Å²) in [5, 5.41) is 13.8. The highest BCUT2D eigenvalue weighted by Crippen LogP contribution is 2.16. The molecule has 0 saturated carbocycles. The van der Waals surface area contributed by atoms with Crippen LogP contribution < -0.4 is 10.6 Å². The first kappa shape index (κ1) is 15.6. The van der Waals surface area contributed by atoms with Crippen molar-refractivity contribution in [3.8, 4) is 6.07 Å². The molecule has 8 nitrogen and oxygen atoms in total. The zero-order valence-electron chi connectivity index (χ0n) is 11.3. The molecule has 1 heterocycles. The van der Waals surface area contributed by atoms with Crippen molar-refractivity contribution in [1.29, 1.82) is 5.26 Å². The number of carbonyl (C=O) groups excluding carboxylic acids is 2. The Labute approximate surface area is 116 Å². The standard InChI is InChI=1S/C12H17N3O5/c1-3-18-11(16)14-9-6-5-8(7-13)20-10(9)15-12(17)19-4-2/h5,9-10H,3-4,6H2,1-2H3,(H,14,16)(H,15,17)/t9-,10+/m0/s1. The minimum absolute atomic E-state index is 0.0775. The Bertz CT molecular complexity index is 429. The van der Waals surface area contributed by atoms with Crippen LogP contribution in [0.1, 0.15) is 20.3 Å². The van der Waals surface area contributed by atoms with Gasteiger partial charge in [-0.05, 0) is 26.3 Å². The van der Waals surface area contributed by atoms with Gasteiger partial charge >= 0.3 is 12.2 Å². The number of allylic oxidation sites excluding steroid dienone is 1. The lowest BCUT2D eigenvalue weighted by molar-refractivity contribution is 0.0398. The van der Waals surface area contributed by atoms with E-state index in [4.69, 9.17) is 19.5 Å². The summed E-state index contributed by atoms with van der Waals surface area (Å²) in [5.74, 6) is 0.0775. The van der Waals surface area contributed by atoms with E-state index in [0.29, 0.717) is 6.42 Å². The predicted molar refractivity (Wildman–Crippen MR) is 67.3 cm³/mol. The average Bonchev–Trinajstić information content (AvgIpc) is 2.41. The summed E-state index contributed by atoms with van der Waals surface area (Å²) in [7, 11) is 0. The number of alkyl carbamates (subject to hydrolysis) is 2. The molecule has 0 fully saturated rings. The van der Waals surface area contributed by atoms with Gasteiger partial charge in [-0.25, -0.2) is 9.59 Å². The van der Waals surface area contributed by atoms with Crippen LogP contribution in [0.25, 0.3) is 0 Å². The molecule has 1 aliphatic rings. The monoisotopic (exact) mass is 283 g/mol. The van der Waals surface area contributed by atoms with Gasteiger partial charge in [0.05, 0.1) is 19.3 Å². The third-order valence-electron chi connectivity index (χ3n) is 2.40. The summed E-state index contributed by atoms with van der Waals surface area (Å²) >= 11 is 0. The second-order valence-corrected chi connectivity index (χ2v) is 3.79. The molecule has 0 unspecified atom stereocenters. The summed E-state index contributed by atoms with van der Waals surface area (Å²) in [5.41, 5.74) is 0. The van der Waals surface area contributed by atoms with Crippen molar-refractivity contribution in [2.45, 2.75) is 32.5 Å². The van der Waals surface area contributed by atoms with Gasteiger partial charge in [0.2, 0.25) is 0 Å². The van der Waals surface area contributed by atoms with Gasteiger partial charge in [0.1, 0.15) is 6.07 Å². The van der Waals surface area contributed by atoms with Gasteiger partial charge in [-0.1, -0.05) is 0 Å². The van der Waals surface area contributed by atoms with E-state index in [0.717, 1.165) is 0 Å². The lowest BCUT2D eigenvalue weighted by Crippen LogP contribution is -2.54. The topological polar surface area (TPSA) is 110 Å². The Kier molecular flexibility index (Phi) is 6.16. The number of amides is 2. The van der Waals surface area contributed by atoms with E-state index in [2.05, 4.69) is 10.6 Å². The molecule has 0 radical (unpaired) electrons. The smallest absolute Gasteiger partial charge is 0.410 e. The Morgan fingerprint density at radius 3 is 2.50 bits per heavy atom. The number of ether oxygens (including phenoxy) is 3. The van der Waals surface area contributed by atoms with E-state index < -0.39 is 24.5 Å². The Morgan fingerprint density at radius 1 is 1.35 bits per heavy atom. The minimum Gasteiger partial charge on any atom is -0.458 e. The van der Waals surface area contributed by atoms with Crippen LogP contribution in [0, 0.1) is 11.3 Å². The van der Waals surface area contributed by atoms with Crippen LogP contribution >= 0.6 is 0 Å². The molecule has 0 bridgehead atoms. The molecule has 0 aromatic rings. The molecule has 0 saturated heterocycles. The number of nitrogens with zero attached hydrogens (tertiary/aromatic N) is 1. The quantitative estimate of drug-likeness (QED) is 0.796. The number of nitrogens with one attached hydrogen (secondary N) is 2. The molecule has 0 spiro atoms. The van der Waals surface area contributed by atoms with Crippen LogP contribution in [0.3, 0.4) is 0 Å². The summed E-state index contributed by atoms with van der Waals surface area (Å²) in [6.45, 7) is 3.78. The highest BCUT2D eigenvalue weighted by molar-refractivity contribution is 5.69. The van der Waals surface area contributed by atoms with E-state index in [1.807, 2.05) is 6.07 Å². The molecule has 2 amide bonds. The molecule has 0 aromatic carbocycles. The normalized spacial score (nSPS) is 20.8. The number of hydrogen-bond acceptors (Lipinski definition) is 6. The molecule has 2 N–H and O–H groups in total. The maximum atomic E-state index is 11.4. The Hall–Kier alpha value is -2.43. The zero-order valence-corrected chi connectivity index (χ0v) is 11.3. The molecular weight excluding hydrogens is 266 g/mol. The van der Waals surface area contributed by atoms with E-state index in [-0.39, 0.29) is 19.0 Å². The van der Waals surface area contributed by atoms with Crippen molar-refractivity contribution >= 4 is 12.2 Å². The summed E-state index contributed by atoms with van der Waals surface area (Å²) < 4.78 is 14.8. The first-order valence-corrected chi connectivity index (χ1v) is 6.24. The number of nitriles is 1. The largest absolute Gasteiger partial charge is 0.458 e. The fourth-order valence-corrected chi connectivity index (χ4v) is 1.57. The molecule has 20 heavy (non-hydrogen) atoms. The van der Waals surface area contributed by atoms with Crippen molar-refractivity contribution in [2.75, 3.05) is 13.2 Å². The van der Waals surface area contributed by atoms with Crippen LogP contribution in [0.4, 0.5) is 9.59 Å². The maximum absolute atomic E-state index is 11.4. The molecule has 0 aliphatic carbocycles. The van der Waals surface area contributed by atoms with E-state index in [1.54, 1.807) is 13.8 Å². The van der Waals surface area contributed by atoms with E-state index in [9.17, 15) is 9.59 Å². The first-order valence-electron chi connectivity index (χ1n) is 6.24. The van der Waals surface area contributed by atoms with Crippen molar-refractivity contribution in [3.63, 3.8) is 0 Å². The number of hydrogen-bond donors (Lipinski definition) is 2. The van der Waals surface area contributed by atoms with Crippen molar-refractivity contribution in [3.05, 3.63) is 11.8 Å². The van der Waals surface area contributed by atoms with Crippen molar-refractivity contribution in [1.82, 2.24) is 10.6 Å². The van der Waals surface area contributed by atoms with Crippen LogP contribution in [-0.4, -0.2) is 37.7 Å². The number of rotatable bonds is 4. The Balaban J connectivity index is 2.68. The summed E-state index contributed by atoms with van der Waals surface area (Å²) in [6, 6.07) is 1.30. The molecule has 1 rings (SSSR count). The second kappa shape index (κ2) is 7.89. The van der Waals surface area contributed by atoms with Gasteiger partial charge in [-0.15, -0.1) is 0 Å². The Morgan fingerprint density at radius 2 is 1.95 bits per heavy atom. The average molecular weight is 283 g/mol. The maximum Gasteiger partial charge on any atom is 0.410 e. The first-order chi connectivity index (χ1) is 9.60. The predicted octanol–water partition coefficient (Wildman–Crippen LogP) is 1.00. The molecule has 2 atom stereocenters. The summed E-state index contributed by atoms with van der Waals surface area (Å²) in [4.78, 5) is 22.8. The van der Waals surface area contributed by atoms with Gasteiger partial charge in [-0.2, -0.15) is 5.26 Å².